The third-order valence-electron chi connectivity index (χ3n) is 4.08. The van der Waals surface area contributed by atoms with Gasteiger partial charge in [0, 0.05) is 36.1 Å². The van der Waals surface area contributed by atoms with Gasteiger partial charge in [0.15, 0.2) is 0 Å². The zero-order chi connectivity index (χ0) is 18.7. The molecule has 0 bridgehead atoms. The molecule has 26 heavy (non-hydrogen) atoms. The Hall–Kier alpha value is -3.02. The molecule has 0 saturated carbocycles. The Balaban J connectivity index is 1.80. The number of nitrogens with zero attached hydrogens (tertiary/aromatic N) is 1. The van der Waals surface area contributed by atoms with Gasteiger partial charge in [-0.3, -0.25) is 4.79 Å². The molecule has 3 nitrogen and oxygen atoms in total. The largest absolute Gasteiger partial charge is 0.348 e. The van der Waals surface area contributed by atoms with E-state index < -0.39 is 23.7 Å². The van der Waals surface area contributed by atoms with Crippen LogP contribution in [0.1, 0.15) is 34.6 Å². The highest BCUT2D eigenvalue weighted by Gasteiger charge is 2.15. The van der Waals surface area contributed by atoms with Gasteiger partial charge in [-0.25, -0.2) is 13.2 Å². The first-order chi connectivity index (χ1) is 12.5. The van der Waals surface area contributed by atoms with Crippen molar-refractivity contribution in [2.45, 2.75) is 19.6 Å². The molecule has 1 aromatic heterocycles. The van der Waals surface area contributed by atoms with Crippen LogP contribution >= 0.6 is 0 Å². The van der Waals surface area contributed by atoms with Crippen molar-refractivity contribution < 1.29 is 18.0 Å². The Morgan fingerprint density at radius 2 is 1.77 bits per heavy atom. The Morgan fingerprint density at radius 3 is 2.38 bits per heavy atom. The summed E-state index contributed by atoms with van der Waals surface area (Å²) >= 11 is 0. The number of hydrogen-bond acceptors (Lipinski definition) is 1. The summed E-state index contributed by atoms with van der Waals surface area (Å²) in [6.45, 7) is 1.30. The quantitative estimate of drug-likeness (QED) is 0.704. The third kappa shape index (κ3) is 3.79. The van der Waals surface area contributed by atoms with E-state index in [9.17, 15) is 18.0 Å². The number of rotatable bonds is 5. The van der Waals surface area contributed by atoms with Crippen LogP contribution in [-0.4, -0.2) is 10.5 Å². The zero-order valence-electron chi connectivity index (χ0n) is 14.0. The Morgan fingerprint density at radius 1 is 1.12 bits per heavy atom. The lowest BCUT2D eigenvalue weighted by molar-refractivity contribution is 0.0950. The van der Waals surface area contributed by atoms with Crippen molar-refractivity contribution in [2.24, 2.45) is 0 Å². The van der Waals surface area contributed by atoms with Gasteiger partial charge in [-0.15, -0.1) is 0 Å². The highest BCUT2D eigenvalue weighted by Crippen LogP contribution is 2.21. The van der Waals surface area contributed by atoms with E-state index in [0.717, 1.165) is 6.07 Å². The molecule has 1 unspecified atom stereocenters. The molecule has 1 heterocycles. The normalized spacial score (nSPS) is 12.0. The second-order valence-electron chi connectivity index (χ2n) is 5.90. The molecule has 0 radical (unpaired) electrons. The van der Waals surface area contributed by atoms with Gasteiger partial charge >= 0.3 is 0 Å². The van der Waals surface area contributed by atoms with Crippen molar-refractivity contribution >= 4 is 5.91 Å². The monoisotopic (exact) mass is 358 g/mol. The molecule has 1 N–H and O–H groups in total. The van der Waals surface area contributed by atoms with Gasteiger partial charge in [0.1, 0.15) is 17.8 Å². The Bertz CT molecular complexity index is 904. The predicted molar refractivity (Wildman–Crippen MR) is 92.8 cm³/mol. The van der Waals surface area contributed by atoms with Crippen LogP contribution in [-0.2, 0) is 6.54 Å². The number of nitrogens with one attached hydrogen (secondary N) is 1. The molecule has 134 valence electrons. The van der Waals surface area contributed by atoms with Crippen molar-refractivity contribution in [3.63, 3.8) is 0 Å². The predicted octanol–water partition coefficient (Wildman–Crippen LogP) is 4.72. The van der Waals surface area contributed by atoms with Crippen LogP contribution < -0.4 is 5.32 Å². The molecular formula is C20H17F3N2O. The highest BCUT2D eigenvalue weighted by atomic mass is 19.1. The Labute approximate surface area is 149 Å². The van der Waals surface area contributed by atoms with Gasteiger partial charge < -0.3 is 9.88 Å². The number of aromatic nitrogens is 1. The lowest BCUT2D eigenvalue weighted by atomic mass is 10.1. The topological polar surface area (TPSA) is 34.0 Å². The van der Waals surface area contributed by atoms with Crippen LogP contribution in [0.25, 0.3) is 5.69 Å². The SMILES string of the molecule is CC(F)c1ccc(C(=O)NCc2c(F)cc(F)cc2-n2cccc2)cc1. The van der Waals surface area contributed by atoms with Crippen LogP contribution in [0, 0.1) is 11.6 Å². The van der Waals surface area contributed by atoms with Gasteiger partial charge in [-0.05, 0) is 42.8 Å². The lowest BCUT2D eigenvalue weighted by Gasteiger charge is -2.13. The van der Waals surface area contributed by atoms with E-state index in [2.05, 4.69) is 5.32 Å². The van der Waals surface area contributed by atoms with Crippen LogP contribution in [0.4, 0.5) is 13.2 Å². The molecule has 1 amide bonds. The first-order valence-corrected chi connectivity index (χ1v) is 8.09. The average Bonchev–Trinajstić information content (AvgIpc) is 3.14. The number of carbonyl (C=O) groups excluding carboxylic acids is 1. The maximum Gasteiger partial charge on any atom is 0.251 e. The summed E-state index contributed by atoms with van der Waals surface area (Å²) in [6.07, 6.45) is 2.21. The minimum Gasteiger partial charge on any atom is -0.348 e. The molecule has 3 aromatic rings. The van der Waals surface area contributed by atoms with Crippen LogP contribution in [0.5, 0.6) is 0 Å². The van der Waals surface area contributed by atoms with Crippen LogP contribution in [0.2, 0.25) is 0 Å². The smallest absolute Gasteiger partial charge is 0.251 e. The second kappa shape index (κ2) is 7.47. The molecule has 0 saturated heterocycles. The summed E-state index contributed by atoms with van der Waals surface area (Å²) in [6, 6.07) is 11.5. The lowest BCUT2D eigenvalue weighted by Crippen LogP contribution is -2.24. The molecule has 0 aliphatic rings. The van der Waals surface area contributed by atoms with Gasteiger partial charge in [0.2, 0.25) is 0 Å². The van der Waals surface area contributed by atoms with E-state index in [0.29, 0.717) is 16.8 Å². The number of amides is 1. The minimum absolute atomic E-state index is 0.111. The average molecular weight is 358 g/mol. The fourth-order valence-electron chi connectivity index (χ4n) is 2.66. The maximum absolute atomic E-state index is 14.3. The van der Waals surface area contributed by atoms with Crippen molar-refractivity contribution in [1.82, 2.24) is 9.88 Å². The third-order valence-corrected chi connectivity index (χ3v) is 4.08. The molecule has 3 rings (SSSR count). The van der Waals surface area contributed by atoms with Gasteiger partial charge in [0.05, 0.1) is 5.69 Å². The van der Waals surface area contributed by atoms with E-state index in [-0.39, 0.29) is 12.1 Å². The molecule has 1 atom stereocenters. The van der Waals surface area contributed by atoms with Crippen molar-refractivity contribution in [1.29, 1.82) is 0 Å². The number of hydrogen-bond donors (Lipinski definition) is 1. The van der Waals surface area contributed by atoms with Crippen molar-refractivity contribution in [3.8, 4) is 5.69 Å². The van der Waals surface area contributed by atoms with Crippen LogP contribution in [0.15, 0.2) is 60.9 Å². The second-order valence-corrected chi connectivity index (χ2v) is 5.90. The van der Waals surface area contributed by atoms with E-state index in [1.54, 1.807) is 29.1 Å². The molecule has 0 fully saturated rings. The summed E-state index contributed by atoms with van der Waals surface area (Å²) in [5.41, 5.74) is 1.29. The molecule has 2 aromatic carbocycles. The number of carbonyl (C=O) groups is 1. The van der Waals surface area contributed by atoms with E-state index in [4.69, 9.17) is 0 Å². The molecule has 0 aliphatic carbocycles. The molecule has 6 heteroatoms. The van der Waals surface area contributed by atoms with Gasteiger partial charge in [-0.1, -0.05) is 12.1 Å². The maximum atomic E-state index is 14.3. The summed E-state index contributed by atoms with van der Waals surface area (Å²) in [5.74, 6) is -1.86. The number of benzene rings is 2. The number of alkyl halides is 1. The fourth-order valence-corrected chi connectivity index (χ4v) is 2.66. The minimum atomic E-state index is -1.12. The summed E-state index contributed by atoms with van der Waals surface area (Å²) in [5, 5.41) is 2.62. The number of halogens is 3. The highest BCUT2D eigenvalue weighted by molar-refractivity contribution is 5.94. The van der Waals surface area contributed by atoms with E-state index in [1.165, 1.54) is 37.3 Å². The summed E-state index contributed by atoms with van der Waals surface area (Å²) < 4.78 is 42.6. The van der Waals surface area contributed by atoms with E-state index >= 15 is 0 Å². The standard InChI is InChI=1S/C20H17F3N2O/c1-13(21)14-4-6-15(7-5-14)20(26)24-12-17-18(23)10-16(22)11-19(17)25-8-2-3-9-25/h2-11,13H,12H2,1H3,(H,24,26). The first-order valence-electron chi connectivity index (χ1n) is 8.09. The molecule has 0 aliphatic heterocycles. The summed E-state index contributed by atoms with van der Waals surface area (Å²) in [4.78, 5) is 12.3. The summed E-state index contributed by atoms with van der Waals surface area (Å²) in [7, 11) is 0. The Kier molecular flexibility index (Phi) is 5.11. The van der Waals surface area contributed by atoms with Gasteiger partial charge in [-0.2, -0.15) is 0 Å². The van der Waals surface area contributed by atoms with Crippen molar-refractivity contribution in [2.75, 3.05) is 0 Å². The van der Waals surface area contributed by atoms with Crippen LogP contribution in [0.3, 0.4) is 0 Å². The molecular weight excluding hydrogens is 341 g/mol. The molecule has 0 spiro atoms. The van der Waals surface area contributed by atoms with E-state index in [1.807, 2.05) is 0 Å². The van der Waals surface area contributed by atoms with Crippen molar-refractivity contribution in [3.05, 3.63) is 89.2 Å². The first kappa shape index (κ1) is 17.8. The fraction of sp³-hybridized carbons (Fsp3) is 0.150. The zero-order valence-corrected chi connectivity index (χ0v) is 14.0. The van der Waals surface area contributed by atoms with Gasteiger partial charge in [0.25, 0.3) is 5.91 Å².